The van der Waals surface area contributed by atoms with Crippen LogP contribution in [0.25, 0.3) is 0 Å². The van der Waals surface area contributed by atoms with Crippen LogP contribution in [0.2, 0.25) is 0 Å². The van der Waals surface area contributed by atoms with Crippen molar-refractivity contribution < 1.29 is 4.79 Å². The molecule has 0 unspecified atom stereocenters. The van der Waals surface area contributed by atoms with Gasteiger partial charge in [-0.05, 0) is 44.6 Å². The van der Waals surface area contributed by atoms with Gasteiger partial charge in [0.15, 0.2) is 0 Å². The molecular formula is C14H26N2O. The molecule has 0 radical (unpaired) electrons. The monoisotopic (exact) mass is 238 g/mol. The van der Waals surface area contributed by atoms with Crippen molar-refractivity contribution in [3.8, 4) is 0 Å². The van der Waals surface area contributed by atoms with E-state index in [0.717, 1.165) is 19.4 Å². The van der Waals surface area contributed by atoms with Crippen molar-refractivity contribution in [3.63, 3.8) is 0 Å². The van der Waals surface area contributed by atoms with Gasteiger partial charge in [-0.3, -0.25) is 4.79 Å². The number of carbonyl (C=O) groups is 1. The van der Waals surface area contributed by atoms with Crippen molar-refractivity contribution in [2.45, 2.75) is 63.8 Å². The van der Waals surface area contributed by atoms with Gasteiger partial charge in [-0.25, -0.2) is 0 Å². The summed E-state index contributed by atoms with van der Waals surface area (Å²) in [6.07, 6.45) is 10.6. The van der Waals surface area contributed by atoms with E-state index in [1.807, 2.05) is 0 Å². The van der Waals surface area contributed by atoms with Crippen molar-refractivity contribution in [3.05, 3.63) is 0 Å². The Hall–Kier alpha value is -0.570. The van der Waals surface area contributed by atoms with Crippen LogP contribution in [0.1, 0.15) is 57.8 Å². The summed E-state index contributed by atoms with van der Waals surface area (Å²) < 4.78 is 0. The molecule has 17 heavy (non-hydrogen) atoms. The number of carbonyl (C=O) groups excluding carboxylic acids is 1. The van der Waals surface area contributed by atoms with Gasteiger partial charge in [0.2, 0.25) is 5.91 Å². The Morgan fingerprint density at radius 3 is 2.41 bits per heavy atom. The Morgan fingerprint density at radius 1 is 1.12 bits per heavy atom. The third-order valence-electron chi connectivity index (χ3n) is 4.10. The smallest absolute Gasteiger partial charge is 0.223 e. The van der Waals surface area contributed by atoms with Gasteiger partial charge in [0.05, 0.1) is 0 Å². The lowest BCUT2D eigenvalue weighted by Crippen LogP contribution is -2.42. The van der Waals surface area contributed by atoms with Crippen molar-refractivity contribution in [1.82, 2.24) is 4.90 Å². The van der Waals surface area contributed by atoms with Gasteiger partial charge in [0.25, 0.3) is 0 Å². The molecule has 0 atom stereocenters. The molecule has 2 rings (SSSR count). The summed E-state index contributed by atoms with van der Waals surface area (Å²) >= 11 is 0. The number of hydrogen-bond acceptors (Lipinski definition) is 2. The van der Waals surface area contributed by atoms with Gasteiger partial charge in [-0.15, -0.1) is 0 Å². The highest BCUT2D eigenvalue weighted by Crippen LogP contribution is 2.34. The minimum atomic E-state index is 0.396. The van der Waals surface area contributed by atoms with Crippen molar-refractivity contribution in [2.75, 3.05) is 13.1 Å². The van der Waals surface area contributed by atoms with Crippen LogP contribution in [0.15, 0.2) is 0 Å². The minimum Gasteiger partial charge on any atom is -0.340 e. The standard InChI is InChI=1S/C14H26N2O/c15-9-4-10-16(13-5-2-1-3-6-13)14(17)11-12-7-8-12/h12-13H,1-11,15H2. The molecule has 2 aliphatic carbocycles. The first-order valence-corrected chi connectivity index (χ1v) is 7.31. The summed E-state index contributed by atoms with van der Waals surface area (Å²) in [5.41, 5.74) is 5.58. The Labute approximate surface area is 105 Å². The lowest BCUT2D eigenvalue weighted by Gasteiger charge is -2.34. The number of nitrogens with zero attached hydrogens (tertiary/aromatic N) is 1. The van der Waals surface area contributed by atoms with Crippen molar-refractivity contribution in [2.24, 2.45) is 11.7 Å². The second-order valence-electron chi connectivity index (χ2n) is 5.67. The Morgan fingerprint density at radius 2 is 1.82 bits per heavy atom. The number of amides is 1. The summed E-state index contributed by atoms with van der Waals surface area (Å²) in [6, 6.07) is 0.515. The number of rotatable bonds is 6. The van der Waals surface area contributed by atoms with Crippen molar-refractivity contribution >= 4 is 5.91 Å². The van der Waals surface area contributed by atoms with E-state index in [9.17, 15) is 4.79 Å². The van der Waals surface area contributed by atoms with E-state index in [0.29, 0.717) is 24.4 Å². The van der Waals surface area contributed by atoms with E-state index < -0.39 is 0 Å². The summed E-state index contributed by atoms with van der Waals surface area (Å²) in [7, 11) is 0. The maximum absolute atomic E-state index is 12.3. The molecule has 0 heterocycles. The molecule has 0 bridgehead atoms. The van der Waals surface area contributed by atoms with E-state index in [1.54, 1.807) is 0 Å². The average Bonchev–Trinajstić information content (AvgIpc) is 3.15. The molecule has 0 aliphatic heterocycles. The summed E-state index contributed by atoms with van der Waals surface area (Å²) in [6.45, 7) is 1.58. The van der Waals surface area contributed by atoms with Gasteiger partial charge in [0.1, 0.15) is 0 Å². The fraction of sp³-hybridized carbons (Fsp3) is 0.929. The van der Waals surface area contributed by atoms with E-state index in [4.69, 9.17) is 5.73 Å². The first-order valence-electron chi connectivity index (χ1n) is 7.31. The Bertz CT molecular complexity index is 245. The second-order valence-corrected chi connectivity index (χ2v) is 5.67. The van der Waals surface area contributed by atoms with Gasteiger partial charge in [-0.2, -0.15) is 0 Å². The van der Waals surface area contributed by atoms with Crippen molar-refractivity contribution in [1.29, 1.82) is 0 Å². The summed E-state index contributed by atoms with van der Waals surface area (Å²) in [5, 5.41) is 0. The quantitative estimate of drug-likeness (QED) is 0.771. The number of hydrogen-bond donors (Lipinski definition) is 1. The van der Waals surface area contributed by atoms with Crippen LogP contribution in [0, 0.1) is 5.92 Å². The lowest BCUT2D eigenvalue weighted by atomic mass is 9.93. The molecule has 2 fully saturated rings. The fourth-order valence-electron chi connectivity index (χ4n) is 2.85. The summed E-state index contributed by atoms with van der Waals surface area (Å²) in [4.78, 5) is 14.4. The molecule has 3 heteroatoms. The topological polar surface area (TPSA) is 46.3 Å². The maximum atomic E-state index is 12.3. The zero-order chi connectivity index (χ0) is 12.1. The fourth-order valence-corrected chi connectivity index (χ4v) is 2.85. The van der Waals surface area contributed by atoms with Crippen LogP contribution < -0.4 is 5.73 Å². The third kappa shape index (κ3) is 3.98. The molecule has 2 aliphatic rings. The third-order valence-corrected chi connectivity index (χ3v) is 4.10. The predicted octanol–water partition coefficient (Wildman–Crippen LogP) is 2.30. The molecule has 3 nitrogen and oxygen atoms in total. The van der Waals surface area contributed by atoms with E-state index >= 15 is 0 Å². The molecular weight excluding hydrogens is 212 g/mol. The highest BCUT2D eigenvalue weighted by molar-refractivity contribution is 5.77. The Kier molecular flexibility index (Phi) is 4.84. The molecule has 2 N–H and O–H groups in total. The van der Waals surface area contributed by atoms with E-state index in [1.165, 1.54) is 44.9 Å². The average molecular weight is 238 g/mol. The van der Waals surface area contributed by atoms with Gasteiger partial charge in [-0.1, -0.05) is 19.3 Å². The molecule has 98 valence electrons. The molecule has 0 saturated heterocycles. The van der Waals surface area contributed by atoms with Crippen LogP contribution in [0.5, 0.6) is 0 Å². The largest absolute Gasteiger partial charge is 0.340 e. The first kappa shape index (κ1) is 12.9. The van der Waals surface area contributed by atoms with Crippen LogP contribution in [0.4, 0.5) is 0 Å². The highest BCUT2D eigenvalue weighted by atomic mass is 16.2. The lowest BCUT2D eigenvalue weighted by molar-refractivity contribution is -0.134. The van der Waals surface area contributed by atoms with Gasteiger partial charge >= 0.3 is 0 Å². The van der Waals surface area contributed by atoms with Crippen LogP contribution in [0.3, 0.4) is 0 Å². The molecule has 0 spiro atoms. The zero-order valence-electron chi connectivity index (χ0n) is 10.9. The van der Waals surface area contributed by atoms with Crippen LogP contribution >= 0.6 is 0 Å². The van der Waals surface area contributed by atoms with E-state index in [2.05, 4.69) is 4.90 Å². The highest BCUT2D eigenvalue weighted by Gasteiger charge is 2.30. The predicted molar refractivity (Wildman–Crippen MR) is 69.6 cm³/mol. The Balaban J connectivity index is 1.87. The first-order chi connectivity index (χ1) is 8.31. The minimum absolute atomic E-state index is 0.396. The molecule has 2 saturated carbocycles. The zero-order valence-corrected chi connectivity index (χ0v) is 10.9. The van der Waals surface area contributed by atoms with E-state index in [-0.39, 0.29) is 0 Å². The molecule has 0 aromatic heterocycles. The SMILES string of the molecule is NCCCN(C(=O)CC1CC1)C1CCCCC1. The molecule has 0 aromatic rings. The maximum Gasteiger partial charge on any atom is 0.223 e. The van der Waals surface area contributed by atoms with Crippen LogP contribution in [-0.4, -0.2) is 29.9 Å². The molecule has 1 amide bonds. The molecule has 0 aromatic carbocycles. The summed E-state index contributed by atoms with van der Waals surface area (Å²) in [5.74, 6) is 1.10. The van der Waals surface area contributed by atoms with Crippen LogP contribution in [-0.2, 0) is 4.79 Å². The second kappa shape index (κ2) is 6.39. The van der Waals surface area contributed by atoms with Gasteiger partial charge < -0.3 is 10.6 Å². The normalized spacial score (nSPS) is 21.5. The number of nitrogens with two attached hydrogens (primary N) is 1. The van der Waals surface area contributed by atoms with Gasteiger partial charge in [0, 0.05) is 19.0 Å².